The number of hydrogen-bond donors (Lipinski definition) is 1. The number of rotatable bonds is 5. The van der Waals surface area contributed by atoms with Crippen molar-refractivity contribution in [1.29, 1.82) is 0 Å². The summed E-state index contributed by atoms with van der Waals surface area (Å²) in [6, 6.07) is 7.88. The maximum absolute atomic E-state index is 12.6. The average molecular weight is 391 g/mol. The molecule has 2 aliphatic rings. The summed E-state index contributed by atoms with van der Waals surface area (Å²) < 4.78 is 8.16. The lowest BCUT2D eigenvalue weighted by Crippen LogP contribution is -2.30. The minimum atomic E-state index is -0.132. The van der Waals surface area contributed by atoms with Gasteiger partial charge in [-0.2, -0.15) is 0 Å². The summed E-state index contributed by atoms with van der Waals surface area (Å²) in [7, 11) is 0. The van der Waals surface area contributed by atoms with Crippen molar-refractivity contribution in [1.82, 2.24) is 20.3 Å². The molecule has 1 unspecified atom stereocenters. The van der Waals surface area contributed by atoms with E-state index in [1.807, 2.05) is 24.3 Å². The molecule has 1 atom stereocenters. The molecule has 0 spiro atoms. The Balaban J connectivity index is 1.56. The van der Waals surface area contributed by atoms with Gasteiger partial charge >= 0.3 is 0 Å². The fourth-order valence-corrected chi connectivity index (χ4v) is 3.28. The first kappa shape index (κ1) is 15.8. The fourth-order valence-electron chi connectivity index (χ4n) is 3.01. The van der Waals surface area contributed by atoms with E-state index < -0.39 is 0 Å². The van der Waals surface area contributed by atoms with Crippen LogP contribution in [0.2, 0.25) is 0 Å². The maximum atomic E-state index is 12.6. The van der Waals surface area contributed by atoms with Gasteiger partial charge in [0.05, 0.1) is 18.0 Å². The Labute approximate surface area is 148 Å². The molecule has 2 aromatic rings. The number of nitrogens with one attached hydrogen (secondary N) is 1. The highest BCUT2D eigenvalue weighted by atomic mass is 79.9. The van der Waals surface area contributed by atoms with Crippen molar-refractivity contribution in [3.63, 3.8) is 0 Å². The van der Waals surface area contributed by atoms with Crippen molar-refractivity contribution >= 4 is 21.8 Å². The van der Waals surface area contributed by atoms with Crippen molar-refractivity contribution in [3.05, 3.63) is 40.1 Å². The van der Waals surface area contributed by atoms with Gasteiger partial charge in [-0.25, -0.2) is 4.68 Å². The molecule has 1 aromatic heterocycles. The van der Waals surface area contributed by atoms with Crippen LogP contribution < -0.4 is 5.32 Å². The van der Waals surface area contributed by atoms with Crippen molar-refractivity contribution in [2.45, 2.75) is 25.2 Å². The number of ether oxygens (including phenoxy) is 1. The first-order valence-corrected chi connectivity index (χ1v) is 9.09. The Morgan fingerprint density at radius 1 is 1.29 bits per heavy atom. The number of aromatic nitrogens is 3. The van der Waals surface area contributed by atoms with Crippen LogP contribution in [0.5, 0.6) is 0 Å². The largest absolute Gasteiger partial charge is 0.381 e. The molecule has 2 heterocycles. The molecule has 1 aliphatic heterocycles. The predicted octanol–water partition coefficient (Wildman–Crippen LogP) is 2.67. The molecule has 126 valence electrons. The first-order valence-electron chi connectivity index (χ1n) is 8.30. The van der Waals surface area contributed by atoms with Crippen LogP contribution in [0.15, 0.2) is 28.7 Å². The maximum Gasteiger partial charge on any atom is 0.273 e. The van der Waals surface area contributed by atoms with Crippen LogP contribution in [0.25, 0.3) is 5.69 Å². The van der Waals surface area contributed by atoms with Gasteiger partial charge in [0.25, 0.3) is 5.91 Å². The molecule has 0 radical (unpaired) electrons. The zero-order valence-corrected chi connectivity index (χ0v) is 14.8. The smallest absolute Gasteiger partial charge is 0.273 e. The number of carbonyl (C=O) groups is 1. The molecule has 4 rings (SSSR count). The number of benzene rings is 1. The Kier molecular flexibility index (Phi) is 4.37. The summed E-state index contributed by atoms with van der Waals surface area (Å²) in [5.74, 6) is 0.645. The van der Waals surface area contributed by atoms with E-state index in [-0.39, 0.29) is 5.91 Å². The number of hydrogen-bond acceptors (Lipinski definition) is 4. The quantitative estimate of drug-likeness (QED) is 0.851. The van der Waals surface area contributed by atoms with Crippen LogP contribution in [0.1, 0.15) is 41.4 Å². The van der Waals surface area contributed by atoms with E-state index in [1.54, 1.807) is 4.68 Å². The molecule has 1 aromatic carbocycles. The molecule has 1 saturated heterocycles. The fraction of sp³-hybridized carbons (Fsp3) is 0.471. The zero-order chi connectivity index (χ0) is 16.5. The number of carbonyl (C=O) groups excluding carboxylic acids is 1. The van der Waals surface area contributed by atoms with Gasteiger partial charge in [-0.15, -0.1) is 5.10 Å². The van der Waals surface area contributed by atoms with Crippen LogP contribution in [0.4, 0.5) is 0 Å². The second kappa shape index (κ2) is 6.64. The molecule has 6 nitrogen and oxygen atoms in total. The molecule has 2 fully saturated rings. The molecular weight excluding hydrogens is 372 g/mol. The number of halogens is 1. The lowest BCUT2D eigenvalue weighted by atomic mass is 10.1. The minimum Gasteiger partial charge on any atom is -0.381 e. The van der Waals surface area contributed by atoms with Gasteiger partial charge in [-0.1, -0.05) is 21.1 Å². The molecule has 7 heteroatoms. The summed E-state index contributed by atoms with van der Waals surface area (Å²) in [4.78, 5) is 12.6. The first-order chi connectivity index (χ1) is 11.7. The van der Waals surface area contributed by atoms with Gasteiger partial charge in [0.2, 0.25) is 0 Å². The molecule has 1 aliphatic carbocycles. The lowest BCUT2D eigenvalue weighted by molar-refractivity contribution is 0.0939. The van der Waals surface area contributed by atoms with Crippen LogP contribution >= 0.6 is 15.9 Å². The summed E-state index contributed by atoms with van der Waals surface area (Å²) >= 11 is 3.44. The van der Waals surface area contributed by atoms with E-state index in [1.165, 1.54) is 0 Å². The third kappa shape index (κ3) is 3.23. The van der Waals surface area contributed by atoms with E-state index in [9.17, 15) is 4.79 Å². The van der Waals surface area contributed by atoms with Crippen LogP contribution in [-0.4, -0.2) is 40.7 Å². The average Bonchev–Trinajstić information content (AvgIpc) is 3.12. The van der Waals surface area contributed by atoms with Gasteiger partial charge < -0.3 is 10.1 Å². The predicted molar refractivity (Wildman–Crippen MR) is 92.3 cm³/mol. The second-order valence-electron chi connectivity index (χ2n) is 6.43. The molecule has 24 heavy (non-hydrogen) atoms. The van der Waals surface area contributed by atoms with Crippen molar-refractivity contribution in [3.8, 4) is 5.69 Å². The van der Waals surface area contributed by atoms with Crippen molar-refractivity contribution in [2.75, 3.05) is 19.8 Å². The third-order valence-corrected chi connectivity index (χ3v) is 5.06. The SMILES string of the molecule is O=C(NCC1CCOC1)c1nnn(-c2ccc(Br)cc2)c1C1CC1. The van der Waals surface area contributed by atoms with E-state index >= 15 is 0 Å². The van der Waals surface area contributed by atoms with Gasteiger partial charge in [-0.3, -0.25) is 4.79 Å². The van der Waals surface area contributed by atoms with E-state index in [4.69, 9.17) is 4.74 Å². The lowest BCUT2D eigenvalue weighted by Gasteiger charge is -2.10. The van der Waals surface area contributed by atoms with Crippen molar-refractivity contribution in [2.24, 2.45) is 5.92 Å². The van der Waals surface area contributed by atoms with E-state index in [2.05, 4.69) is 31.6 Å². The summed E-state index contributed by atoms with van der Waals surface area (Å²) in [6.45, 7) is 2.14. The summed E-state index contributed by atoms with van der Waals surface area (Å²) in [5.41, 5.74) is 2.31. The number of nitrogens with zero attached hydrogens (tertiary/aromatic N) is 3. The number of amides is 1. The van der Waals surface area contributed by atoms with Crippen LogP contribution in [-0.2, 0) is 4.74 Å². The Morgan fingerprint density at radius 2 is 2.08 bits per heavy atom. The van der Waals surface area contributed by atoms with Crippen LogP contribution in [0.3, 0.4) is 0 Å². The highest BCUT2D eigenvalue weighted by Gasteiger charge is 2.34. The van der Waals surface area contributed by atoms with E-state index in [0.717, 1.165) is 48.3 Å². The van der Waals surface area contributed by atoms with Gasteiger partial charge in [0.1, 0.15) is 0 Å². The monoisotopic (exact) mass is 390 g/mol. The molecular formula is C17H19BrN4O2. The molecule has 1 amide bonds. The van der Waals surface area contributed by atoms with E-state index in [0.29, 0.717) is 24.1 Å². The minimum absolute atomic E-state index is 0.132. The zero-order valence-electron chi connectivity index (χ0n) is 13.2. The summed E-state index contributed by atoms with van der Waals surface area (Å²) in [5, 5.41) is 11.4. The van der Waals surface area contributed by atoms with Crippen molar-refractivity contribution < 1.29 is 9.53 Å². The Hall–Kier alpha value is -1.73. The molecule has 1 saturated carbocycles. The highest BCUT2D eigenvalue weighted by Crippen LogP contribution is 2.42. The standard InChI is InChI=1S/C17H19BrN4O2/c18-13-3-5-14(6-4-13)22-16(12-1-2-12)15(20-21-22)17(23)19-9-11-7-8-24-10-11/h3-6,11-12H,1-2,7-10H2,(H,19,23). The molecule has 0 bridgehead atoms. The third-order valence-electron chi connectivity index (χ3n) is 4.53. The summed E-state index contributed by atoms with van der Waals surface area (Å²) in [6.07, 6.45) is 3.17. The Bertz CT molecular complexity index is 734. The highest BCUT2D eigenvalue weighted by molar-refractivity contribution is 9.10. The Morgan fingerprint density at radius 3 is 2.75 bits per heavy atom. The topological polar surface area (TPSA) is 69.0 Å². The van der Waals surface area contributed by atoms with Gasteiger partial charge in [0.15, 0.2) is 5.69 Å². The normalized spacial score (nSPS) is 20.3. The van der Waals surface area contributed by atoms with Gasteiger partial charge in [0, 0.05) is 29.5 Å². The molecule has 1 N–H and O–H groups in total. The second-order valence-corrected chi connectivity index (χ2v) is 7.34. The van der Waals surface area contributed by atoms with Crippen LogP contribution in [0, 0.1) is 5.92 Å². The van der Waals surface area contributed by atoms with Gasteiger partial charge in [-0.05, 0) is 43.5 Å².